The molecule has 8 heteroatoms. The Morgan fingerprint density at radius 1 is 1.18 bits per heavy atom. The summed E-state index contributed by atoms with van der Waals surface area (Å²) in [5.41, 5.74) is 3.89. The second kappa shape index (κ2) is 8.64. The topological polar surface area (TPSA) is 102 Å². The predicted molar refractivity (Wildman–Crippen MR) is 111 cm³/mol. The van der Waals surface area contributed by atoms with E-state index in [0.717, 1.165) is 21.8 Å². The summed E-state index contributed by atoms with van der Waals surface area (Å²) in [6, 6.07) is 14.4. The molecule has 0 saturated carbocycles. The van der Waals surface area contributed by atoms with E-state index in [1.165, 1.54) is 29.0 Å². The zero-order valence-electron chi connectivity index (χ0n) is 15.4. The van der Waals surface area contributed by atoms with Gasteiger partial charge in [-0.3, -0.25) is 4.79 Å². The summed E-state index contributed by atoms with van der Waals surface area (Å²) in [7, 11) is -3.68. The molecular formula is C20H21N3O3S2. The molecule has 0 unspecified atom stereocenters. The number of nitrogens with zero attached hydrogens (tertiary/aromatic N) is 1. The van der Waals surface area contributed by atoms with Crippen LogP contribution in [-0.2, 0) is 27.7 Å². The van der Waals surface area contributed by atoms with Gasteiger partial charge >= 0.3 is 0 Å². The van der Waals surface area contributed by atoms with Crippen molar-refractivity contribution in [3.8, 4) is 10.6 Å². The minimum Gasteiger partial charge on any atom is -0.355 e. The van der Waals surface area contributed by atoms with E-state index in [1.807, 2.05) is 30.5 Å². The van der Waals surface area contributed by atoms with Gasteiger partial charge in [0, 0.05) is 17.5 Å². The van der Waals surface area contributed by atoms with Crippen LogP contribution in [0.1, 0.15) is 16.8 Å². The van der Waals surface area contributed by atoms with Gasteiger partial charge in [0.2, 0.25) is 15.9 Å². The van der Waals surface area contributed by atoms with Crippen molar-refractivity contribution < 1.29 is 13.2 Å². The van der Waals surface area contributed by atoms with Gasteiger partial charge in [-0.05, 0) is 37.1 Å². The number of nitrogens with one attached hydrogen (secondary N) is 1. The molecule has 0 radical (unpaired) electrons. The number of aryl methyl sites for hydroxylation is 1. The molecule has 2 aromatic carbocycles. The first-order valence-corrected chi connectivity index (χ1v) is 11.1. The average molecular weight is 416 g/mol. The average Bonchev–Trinajstić information content (AvgIpc) is 3.10. The van der Waals surface area contributed by atoms with Gasteiger partial charge in [0.1, 0.15) is 5.01 Å². The SMILES string of the molecule is Cc1cccc(-c2nc(CC(=O)NCCc3ccc(S(N)(=O)=O)cc3)cs2)c1. The Hall–Kier alpha value is -2.55. The number of carbonyl (C=O) groups is 1. The summed E-state index contributed by atoms with van der Waals surface area (Å²) in [4.78, 5) is 16.8. The Morgan fingerprint density at radius 2 is 1.93 bits per heavy atom. The highest BCUT2D eigenvalue weighted by Gasteiger charge is 2.10. The third kappa shape index (κ3) is 5.48. The first kappa shape index (κ1) is 20.2. The zero-order valence-corrected chi connectivity index (χ0v) is 17.0. The second-order valence-corrected chi connectivity index (χ2v) is 8.90. The summed E-state index contributed by atoms with van der Waals surface area (Å²) >= 11 is 1.53. The highest BCUT2D eigenvalue weighted by atomic mass is 32.2. The van der Waals surface area contributed by atoms with E-state index in [9.17, 15) is 13.2 Å². The molecule has 1 amide bonds. The molecule has 3 rings (SSSR count). The molecule has 3 aromatic rings. The van der Waals surface area contributed by atoms with E-state index in [1.54, 1.807) is 12.1 Å². The number of sulfonamides is 1. The second-order valence-electron chi connectivity index (χ2n) is 6.48. The van der Waals surface area contributed by atoms with Crippen molar-refractivity contribution in [2.24, 2.45) is 5.14 Å². The van der Waals surface area contributed by atoms with Crippen LogP contribution >= 0.6 is 11.3 Å². The maximum Gasteiger partial charge on any atom is 0.238 e. The van der Waals surface area contributed by atoms with Gasteiger partial charge in [-0.1, -0.05) is 35.9 Å². The minimum absolute atomic E-state index is 0.0771. The number of rotatable bonds is 7. The van der Waals surface area contributed by atoms with Crippen molar-refractivity contribution in [1.82, 2.24) is 10.3 Å². The number of amides is 1. The molecule has 0 aliphatic carbocycles. The van der Waals surface area contributed by atoms with Crippen LogP contribution < -0.4 is 10.5 Å². The van der Waals surface area contributed by atoms with E-state index in [2.05, 4.69) is 16.4 Å². The number of nitrogens with two attached hydrogens (primary N) is 1. The summed E-state index contributed by atoms with van der Waals surface area (Å²) in [5.74, 6) is -0.0951. The fourth-order valence-corrected chi connectivity index (χ4v) is 4.05. The number of hydrogen-bond donors (Lipinski definition) is 2. The van der Waals surface area contributed by atoms with Crippen molar-refractivity contribution in [3.05, 3.63) is 70.7 Å². The molecule has 28 heavy (non-hydrogen) atoms. The molecule has 0 aliphatic heterocycles. The first-order chi connectivity index (χ1) is 13.3. The Labute approximate surface area is 168 Å². The maximum absolute atomic E-state index is 12.1. The smallest absolute Gasteiger partial charge is 0.238 e. The van der Waals surface area contributed by atoms with Gasteiger partial charge in [-0.25, -0.2) is 18.5 Å². The Morgan fingerprint density at radius 3 is 2.61 bits per heavy atom. The minimum atomic E-state index is -3.68. The maximum atomic E-state index is 12.1. The molecule has 0 saturated heterocycles. The Balaban J connectivity index is 1.50. The van der Waals surface area contributed by atoms with Gasteiger partial charge in [-0.15, -0.1) is 11.3 Å². The summed E-state index contributed by atoms with van der Waals surface area (Å²) < 4.78 is 22.5. The summed E-state index contributed by atoms with van der Waals surface area (Å²) in [5, 5.41) is 10.8. The molecule has 1 aromatic heterocycles. The number of hydrogen-bond acceptors (Lipinski definition) is 5. The highest BCUT2D eigenvalue weighted by Crippen LogP contribution is 2.24. The van der Waals surface area contributed by atoms with Gasteiger partial charge < -0.3 is 5.32 Å². The molecular weight excluding hydrogens is 394 g/mol. The van der Waals surface area contributed by atoms with Crippen LogP contribution in [0.2, 0.25) is 0 Å². The fourth-order valence-electron chi connectivity index (χ4n) is 2.72. The monoisotopic (exact) mass is 415 g/mol. The molecule has 0 aliphatic rings. The van der Waals surface area contributed by atoms with Crippen LogP contribution in [0, 0.1) is 6.92 Å². The van der Waals surface area contributed by atoms with E-state index in [-0.39, 0.29) is 17.2 Å². The molecule has 1 heterocycles. The lowest BCUT2D eigenvalue weighted by Crippen LogP contribution is -2.27. The standard InChI is InChI=1S/C20H21N3O3S2/c1-14-3-2-4-16(11-14)20-23-17(13-27-20)12-19(24)22-10-9-15-5-7-18(8-6-15)28(21,25)26/h2-8,11,13H,9-10,12H2,1H3,(H,22,24)(H2,21,25,26). The Kier molecular flexibility index (Phi) is 6.23. The number of primary sulfonamides is 1. The van der Waals surface area contributed by atoms with E-state index >= 15 is 0 Å². The van der Waals surface area contributed by atoms with Crippen molar-refractivity contribution in [1.29, 1.82) is 0 Å². The molecule has 0 bridgehead atoms. The normalized spacial score (nSPS) is 11.4. The number of benzene rings is 2. The molecule has 0 atom stereocenters. The predicted octanol–water partition coefficient (Wildman–Crippen LogP) is 2.67. The zero-order chi connectivity index (χ0) is 20.1. The van der Waals surface area contributed by atoms with E-state index in [4.69, 9.17) is 5.14 Å². The molecule has 0 spiro atoms. The van der Waals surface area contributed by atoms with E-state index in [0.29, 0.717) is 13.0 Å². The van der Waals surface area contributed by atoms with Crippen molar-refractivity contribution in [2.75, 3.05) is 6.54 Å². The third-order valence-corrected chi connectivity index (χ3v) is 6.02. The van der Waals surface area contributed by atoms with Crippen LogP contribution in [0.3, 0.4) is 0 Å². The quantitative estimate of drug-likeness (QED) is 0.619. The number of aromatic nitrogens is 1. The van der Waals surface area contributed by atoms with Crippen LogP contribution in [-0.4, -0.2) is 25.9 Å². The lowest BCUT2D eigenvalue weighted by molar-refractivity contribution is -0.120. The first-order valence-electron chi connectivity index (χ1n) is 8.71. The van der Waals surface area contributed by atoms with Gasteiger partial charge in [0.05, 0.1) is 17.0 Å². The molecule has 0 fully saturated rings. The van der Waals surface area contributed by atoms with Crippen molar-refractivity contribution >= 4 is 27.3 Å². The molecule has 146 valence electrons. The van der Waals surface area contributed by atoms with Crippen LogP contribution in [0.15, 0.2) is 58.8 Å². The van der Waals surface area contributed by atoms with Gasteiger partial charge in [0.25, 0.3) is 0 Å². The largest absolute Gasteiger partial charge is 0.355 e. The van der Waals surface area contributed by atoms with Gasteiger partial charge in [-0.2, -0.15) is 0 Å². The van der Waals surface area contributed by atoms with Crippen molar-refractivity contribution in [2.45, 2.75) is 24.7 Å². The van der Waals surface area contributed by atoms with Crippen LogP contribution in [0.5, 0.6) is 0 Å². The highest BCUT2D eigenvalue weighted by molar-refractivity contribution is 7.89. The lowest BCUT2D eigenvalue weighted by atomic mass is 10.1. The van der Waals surface area contributed by atoms with Crippen LogP contribution in [0.4, 0.5) is 0 Å². The summed E-state index contributed by atoms with van der Waals surface area (Å²) in [6.45, 7) is 2.50. The van der Waals surface area contributed by atoms with Crippen molar-refractivity contribution in [3.63, 3.8) is 0 Å². The van der Waals surface area contributed by atoms with Gasteiger partial charge in [0.15, 0.2) is 0 Å². The summed E-state index contributed by atoms with van der Waals surface area (Å²) in [6.07, 6.45) is 0.828. The van der Waals surface area contributed by atoms with Crippen LogP contribution in [0.25, 0.3) is 10.6 Å². The number of thiazole rings is 1. The lowest BCUT2D eigenvalue weighted by Gasteiger charge is -2.05. The van der Waals surface area contributed by atoms with E-state index < -0.39 is 10.0 Å². The number of carbonyl (C=O) groups excluding carboxylic acids is 1. The Bertz CT molecular complexity index is 1070. The molecule has 6 nitrogen and oxygen atoms in total. The third-order valence-electron chi connectivity index (χ3n) is 4.15. The molecule has 3 N–H and O–H groups in total. The fraction of sp³-hybridized carbons (Fsp3) is 0.200.